The molecule has 0 aliphatic heterocycles. The number of amides is 1. The molecule has 1 aromatic rings. The third kappa shape index (κ3) is 7.02. The van der Waals surface area contributed by atoms with E-state index < -0.39 is 22.1 Å². The van der Waals surface area contributed by atoms with Gasteiger partial charge in [-0.05, 0) is 31.2 Å². The van der Waals surface area contributed by atoms with Crippen LogP contribution in [0, 0.1) is 5.92 Å². The van der Waals surface area contributed by atoms with Gasteiger partial charge in [0.25, 0.3) is 0 Å². The maximum absolute atomic E-state index is 12.1. The zero-order chi connectivity index (χ0) is 16.6. The second kappa shape index (κ2) is 8.87. The zero-order valence-corrected chi connectivity index (χ0v) is 13.8. The molecule has 0 saturated carbocycles. The Balaban J connectivity index is 2.62. The fraction of sp³-hybridized carbons (Fsp3) is 0.533. The smallest absolute Gasteiger partial charge is 0.440 e. The minimum Gasteiger partial charge on any atom is -0.440 e. The van der Waals surface area contributed by atoms with E-state index in [1.165, 1.54) is 0 Å². The quantitative estimate of drug-likeness (QED) is 0.803. The van der Waals surface area contributed by atoms with E-state index in [1.807, 2.05) is 37.3 Å². The number of rotatable bonds is 7. The normalized spacial score (nSPS) is 16.4. The summed E-state index contributed by atoms with van der Waals surface area (Å²) in [6.07, 6.45) is -0.125. The van der Waals surface area contributed by atoms with Crippen LogP contribution in [-0.2, 0) is 14.7 Å². The Morgan fingerprint density at radius 3 is 2.59 bits per heavy atom. The van der Waals surface area contributed by atoms with E-state index in [4.69, 9.17) is 15.0 Å². The van der Waals surface area contributed by atoms with Gasteiger partial charge >= 0.3 is 6.09 Å². The van der Waals surface area contributed by atoms with Gasteiger partial charge in [0.05, 0.1) is 0 Å². The maximum Gasteiger partial charge on any atom is 0.443 e. The SMILES string of the molecule is C[C@@H](CCCO)CS(N)(=O)=NC(=O)O[C@@H](C)c1ccccc1. The van der Waals surface area contributed by atoms with Crippen LogP contribution in [0.5, 0.6) is 0 Å². The van der Waals surface area contributed by atoms with Crippen molar-refractivity contribution in [2.45, 2.75) is 32.8 Å². The predicted octanol–water partition coefficient (Wildman–Crippen LogP) is 2.63. The Bertz CT molecular complexity index is 582. The number of hydrogen-bond donors (Lipinski definition) is 2. The molecule has 7 heteroatoms. The van der Waals surface area contributed by atoms with Crippen LogP contribution in [0.4, 0.5) is 4.79 Å². The summed E-state index contributed by atoms with van der Waals surface area (Å²) in [6, 6.07) is 9.20. The summed E-state index contributed by atoms with van der Waals surface area (Å²) in [7, 11) is -3.12. The van der Waals surface area contributed by atoms with Crippen molar-refractivity contribution in [3.8, 4) is 0 Å². The van der Waals surface area contributed by atoms with Crippen molar-refractivity contribution in [3.63, 3.8) is 0 Å². The van der Waals surface area contributed by atoms with E-state index in [2.05, 4.69) is 4.36 Å². The number of benzene rings is 1. The van der Waals surface area contributed by atoms with Gasteiger partial charge in [0.2, 0.25) is 0 Å². The second-order valence-electron chi connectivity index (χ2n) is 5.36. The summed E-state index contributed by atoms with van der Waals surface area (Å²) in [6.45, 7) is 3.64. The molecule has 0 saturated heterocycles. The highest BCUT2D eigenvalue weighted by Crippen LogP contribution is 2.17. The van der Waals surface area contributed by atoms with Crippen LogP contribution in [0.1, 0.15) is 38.4 Å². The molecule has 0 aliphatic rings. The van der Waals surface area contributed by atoms with Gasteiger partial charge < -0.3 is 9.84 Å². The van der Waals surface area contributed by atoms with Crippen molar-refractivity contribution in [1.29, 1.82) is 0 Å². The van der Waals surface area contributed by atoms with Gasteiger partial charge in [-0.2, -0.15) is 0 Å². The first-order valence-corrected chi connectivity index (χ1v) is 8.98. The zero-order valence-electron chi connectivity index (χ0n) is 13.0. The first-order valence-electron chi connectivity index (χ1n) is 7.23. The molecule has 124 valence electrons. The van der Waals surface area contributed by atoms with Crippen molar-refractivity contribution in [2.24, 2.45) is 15.4 Å². The topological polar surface area (TPSA) is 102 Å². The van der Waals surface area contributed by atoms with Crippen molar-refractivity contribution in [1.82, 2.24) is 0 Å². The highest BCUT2D eigenvalue weighted by atomic mass is 32.2. The molecule has 1 aromatic carbocycles. The van der Waals surface area contributed by atoms with Crippen LogP contribution in [0.2, 0.25) is 0 Å². The molecule has 3 N–H and O–H groups in total. The molecule has 0 heterocycles. The number of hydrogen-bond acceptors (Lipinski definition) is 4. The van der Waals surface area contributed by atoms with E-state index >= 15 is 0 Å². The number of carbonyl (C=O) groups is 1. The van der Waals surface area contributed by atoms with Crippen LogP contribution in [-0.4, -0.2) is 27.8 Å². The molecule has 22 heavy (non-hydrogen) atoms. The molecular weight excluding hydrogens is 304 g/mol. The highest BCUT2D eigenvalue weighted by Gasteiger charge is 2.15. The standard InChI is InChI=1S/C15H24N2O4S/c1-12(7-6-10-18)11-22(16,20)17-15(19)21-13(2)14-8-4-3-5-9-14/h3-5,8-9,12-13,18H,6-7,10-11H2,1-2H3,(H2,16,17,19,20)/t12-,13-,22?/m0/s1. The van der Waals surface area contributed by atoms with Gasteiger partial charge in [0.15, 0.2) is 0 Å². The molecule has 3 atom stereocenters. The summed E-state index contributed by atoms with van der Waals surface area (Å²) >= 11 is 0. The Kier molecular flexibility index (Phi) is 7.50. The summed E-state index contributed by atoms with van der Waals surface area (Å²) in [5.74, 6) is 0.106. The molecule has 0 radical (unpaired) electrons. The van der Waals surface area contributed by atoms with Gasteiger partial charge in [-0.1, -0.05) is 37.3 Å². The van der Waals surface area contributed by atoms with Crippen molar-refractivity contribution in [3.05, 3.63) is 35.9 Å². The lowest BCUT2D eigenvalue weighted by Crippen LogP contribution is -2.23. The van der Waals surface area contributed by atoms with Crippen molar-refractivity contribution in [2.75, 3.05) is 12.4 Å². The molecule has 0 fully saturated rings. The van der Waals surface area contributed by atoms with Crippen molar-refractivity contribution >= 4 is 16.0 Å². The van der Waals surface area contributed by atoms with Crippen LogP contribution < -0.4 is 5.14 Å². The Morgan fingerprint density at radius 1 is 1.36 bits per heavy atom. The van der Waals surface area contributed by atoms with E-state index in [0.29, 0.717) is 12.8 Å². The number of carbonyl (C=O) groups excluding carboxylic acids is 1. The van der Waals surface area contributed by atoms with E-state index in [-0.39, 0.29) is 18.3 Å². The van der Waals surface area contributed by atoms with E-state index in [9.17, 15) is 9.00 Å². The molecule has 0 aliphatic carbocycles. The lowest BCUT2D eigenvalue weighted by Gasteiger charge is -2.13. The molecule has 1 rings (SSSR count). The van der Waals surface area contributed by atoms with E-state index in [0.717, 1.165) is 5.56 Å². The second-order valence-corrected chi connectivity index (χ2v) is 7.25. The fourth-order valence-electron chi connectivity index (χ4n) is 2.06. The molecule has 1 unspecified atom stereocenters. The minimum atomic E-state index is -3.12. The number of nitrogens with zero attached hydrogens (tertiary/aromatic N) is 1. The summed E-state index contributed by atoms with van der Waals surface area (Å²) < 4.78 is 20.8. The minimum absolute atomic E-state index is 0.00717. The summed E-state index contributed by atoms with van der Waals surface area (Å²) in [5, 5.41) is 14.4. The lowest BCUT2D eigenvalue weighted by molar-refractivity contribution is 0.117. The van der Waals surface area contributed by atoms with Gasteiger partial charge in [-0.3, -0.25) is 0 Å². The summed E-state index contributed by atoms with van der Waals surface area (Å²) in [4.78, 5) is 11.7. The number of nitrogens with two attached hydrogens (primary N) is 1. The fourth-order valence-corrected chi connectivity index (χ4v) is 3.41. The first kappa shape index (κ1) is 18.6. The molecule has 0 bridgehead atoms. The summed E-state index contributed by atoms with van der Waals surface area (Å²) in [5.41, 5.74) is 0.825. The average molecular weight is 328 g/mol. The Labute approximate surface area is 132 Å². The molecule has 1 amide bonds. The van der Waals surface area contributed by atoms with Crippen molar-refractivity contribution < 1.29 is 18.8 Å². The van der Waals surface area contributed by atoms with Crippen LogP contribution in [0.3, 0.4) is 0 Å². The molecule has 6 nitrogen and oxygen atoms in total. The molecular formula is C15H24N2O4S. The third-order valence-corrected chi connectivity index (χ3v) is 4.66. The van der Waals surface area contributed by atoms with Gasteiger partial charge in [0.1, 0.15) is 16.0 Å². The molecule has 0 spiro atoms. The Morgan fingerprint density at radius 2 is 2.00 bits per heavy atom. The number of ether oxygens (including phenoxy) is 1. The monoisotopic (exact) mass is 328 g/mol. The average Bonchev–Trinajstić information content (AvgIpc) is 2.44. The van der Waals surface area contributed by atoms with Gasteiger partial charge in [0, 0.05) is 12.4 Å². The largest absolute Gasteiger partial charge is 0.443 e. The lowest BCUT2D eigenvalue weighted by atomic mass is 10.1. The first-order chi connectivity index (χ1) is 10.3. The Hall–Kier alpha value is -1.44. The molecule has 0 aromatic heterocycles. The maximum atomic E-state index is 12.1. The van der Waals surface area contributed by atoms with E-state index in [1.54, 1.807) is 6.92 Å². The number of aliphatic hydroxyl groups is 1. The number of aliphatic hydroxyl groups excluding tert-OH is 1. The van der Waals surface area contributed by atoms with Crippen LogP contribution in [0.15, 0.2) is 34.7 Å². The van der Waals surface area contributed by atoms with Crippen LogP contribution >= 0.6 is 0 Å². The van der Waals surface area contributed by atoms with Crippen LogP contribution in [0.25, 0.3) is 0 Å². The highest BCUT2D eigenvalue weighted by molar-refractivity contribution is 7.91. The van der Waals surface area contributed by atoms with Gasteiger partial charge in [-0.25, -0.2) is 14.1 Å². The van der Waals surface area contributed by atoms with Gasteiger partial charge in [-0.15, -0.1) is 4.36 Å². The third-order valence-electron chi connectivity index (χ3n) is 3.15. The predicted molar refractivity (Wildman–Crippen MR) is 86.4 cm³/mol.